The predicted octanol–water partition coefficient (Wildman–Crippen LogP) is 2.44. The Kier molecular flexibility index (Phi) is 5.31. The van der Waals surface area contributed by atoms with Gasteiger partial charge in [0, 0.05) is 17.7 Å². The second-order valence-corrected chi connectivity index (χ2v) is 6.65. The molecule has 1 saturated carbocycles. The molecule has 1 aromatic rings. The highest BCUT2D eigenvalue weighted by Crippen LogP contribution is 2.19. The minimum atomic E-state index is -0.441. The fourth-order valence-corrected chi connectivity index (χ4v) is 3.33. The van der Waals surface area contributed by atoms with E-state index >= 15 is 0 Å². The van der Waals surface area contributed by atoms with E-state index in [1.807, 2.05) is 19.1 Å². The van der Waals surface area contributed by atoms with E-state index in [4.69, 9.17) is 0 Å². The Morgan fingerprint density at radius 2 is 2.05 bits per heavy atom. The smallest absolute Gasteiger partial charge is 0.220 e. The molecule has 0 bridgehead atoms. The van der Waals surface area contributed by atoms with Crippen molar-refractivity contribution in [3.05, 3.63) is 21.9 Å². The van der Waals surface area contributed by atoms with Crippen molar-refractivity contribution < 1.29 is 14.7 Å². The minimum absolute atomic E-state index is 0.0162. The molecule has 1 aromatic heterocycles. The first-order valence-corrected chi connectivity index (χ1v) is 7.95. The Bertz CT molecular complexity index is 483. The van der Waals surface area contributed by atoms with E-state index in [1.165, 1.54) is 11.3 Å². The highest BCUT2D eigenvalue weighted by atomic mass is 32.1. The number of hydrogen-bond donors (Lipinski definition) is 2. The molecule has 1 fully saturated rings. The molecule has 0 aromatic carbocycles. The van der Waals surface area contributed by atoms with Crippen LogP contribution >= 0.6 is 11.3 Å². The molecule has 110 valence electrons. The number of nitrogens with one attached hydrogen (secondary N) is 1. The Balaban J connectivity index is 1.76. The van der Waals surface area contributed by atoms with Gasteiger partial charge < -0.3 is 10.4 Å². The van der Waals surface area contributed by atoms with E-state index in [0.717, 1.165) is 30.6 Å². The largest absolute Gasteiger partial charge is 0.391 e. The van der Waals surface area contributed by atoms with Crippen LogP contribution in [-0.4, -0.2) is 28.9 Å². The molecule has 20 heavy (non-hydrogen) atoms. The number of aliphatic hydroxyl groups is 1. The number of ketones is 1. The zero-order valence-corrected chi connectivity index (χ0v) is 12.5. The summed E-state index contributed by atoms with van der Waals surface area (Å²) in [5.74, 6) is -0.125. The fourth-order valence-electron chi connectivity index (χ4n) is 2.49. The van der Waals surface area contributed by atoms with E-state index in [9.17, 15) is 14.7 Å². The summed E-state index contributed by atoms with van der Waals surface area (Å²) in [4.78, 5) is 25.5. The molecule has 2 N–H and O–H groups in total. The third-order valence-electron chi connectivity index (χ3n) is 3.67. The summed E-state index contributed by atoms with van der Waals surface area (Å²) >= 11 is 1.46. The normalized spacial score (nSPS) is 22.5. The molecule has 1 heterocycles. The topological polar surface area (TPSA) is 66.4 Å². The Hall–Kier alpha value is -1.20. The van der Waals surface area contributed by atoms with Crippen LogP contribution in [0.4, 0.5) is 0 Å². The standard InChI is InChI=1S/C15H21NO3S/c1-10-6-8-14(20-10)13(18)7-9-15(19)16-11-4-2-3-5-12(11)17/h6,8,11-12,17H,2-5,7,9H2,1H3,(H,16,19). The predicted molar refractivity (Wildman–Crippen MR) is 79.0 cm³/mol. The van der Waals surface area contributed by atoms with Gasteiger partial charge in [0.05, 0.1) is 17.0 Å². The third kappa shape index (κ3) is 4.15. The van der Waals surface area contributed by atoms with Crippen molar-refractivity contribution in [3.63, 3.8) is 0 Å². The van der Waals surface area contributed by atoms with Crippen LogP contribution in [0.2, 0.25) is 0 Å². The Labute approximate surface area is 123 Å². The fraction of sp³-hybridized carbons (Fsp3) is 0.600. The van der Waals surface area contributed by atoms with E-state index in [1.54, 1.807) is 0 Å². The summed E-state index contributed by atoms with van der Waals surface area (Å²) in [6.07, 6.45) is 3.61. The number of aryl methyl sites for hydroxylation is 1. The lowest BCUT2D eigenvalue weighted by atomic mass is 9.92. The first-order valence-electron chi connectivity index (χ1n) is 7.13. The van der Waals surface area contributed by atoms with Gasteiger partial charge >= 0.3 is 0 Å². The maximum atomic E-state index is 11.9. The van der Waals surface area contributed by atoms with Gasteiger partial charge in [0.15, 0.2) is 5.78 Å². The van der Waals surface area contributed by atoms with Gasteiger partial charge in [0.1, 0.15) is 0 Å². The van der Waals surface area contributed by atoms with E-state index < -0.39 is 6.10 Å². The summed E-state index contributed by atoms with van der Waals surface area (Å²) in [5, 5.41) is 12.6. The van der Waals surface area contributed by atoms with Crippen molar-refractivity contribution in [2.24, 2.45) is 0 Å². The molecular weight excluding hydrogens is 274 g/mol. The molecule has 2 atom stereocenters. The van der Waals surface area contributed by atoms with Gasteiger partial charge in [-0.1, -0.05) is 12.8 Å². The molecule has 2 rings (SSSR count). The molecule has 5 heteroatoms. The number of Topliss-reactive ketones (excluding diaryl/α,β-unsaturated/α-hetero) is 1. The van der Waals surface area contributed by atoms with Gasteiger partial charge in [0.2, 0.25) is 5.91 Å². The maximum Gasteiger partial charge on any atom is 0.220 e. The second kappa shape index (κ2) is 6.99. The average molecular weight is 295 g/mol. The molecule has 4 nitrogen and oxygen atoms in total. The highest BCUT2D eigenvalue weighted by Gasteiger charge is 2.24. The average Bonchev–Trinajstić information content (AvgIpc) is 2.85. The second-order valence-electron chi connectivity index (χ2n) is 5.36. The molecule has 1 amide bonds. The molecule has 1 aliphatic rings. The first kappa shape index (κ1) is 15.2. The van der Waals surface area contributed by atoms with Gasteiger partial charge in [-0.3, -0.25) is 9.59 Å². The molecule has 2 unspecified atom stereocenters. The number of carbonyl (C=O) groups is 2. The lowest BCUT2D eigenvalue weighted by molar-refractivity contribution is -0.123. The van der Waals surface area contributed by atoms with E-state index in [-0.39, 0.29) is 30.6 Å². The Morgan fingerprint density at radius 1 is 1.30 bits per heavy atom. The van der Waals surface area contributed by atoms with Gasteiger partial charge in [-0.15, -0.1) is 11.3 Å². The monoisotopic (exact) mass is 295 g/mol. The van der Waals surface area contributed by atoms with Crippen molar-refractivity contribution in [2.45, 2.75) is 57.6 Å². The van der Waals surface area contributed by atoms with Crippen LogP contribution in [0, 0.1) is 6.92 Å². The maximum absolute atomic E-state index is 11.9. The molecule has 0 saturated heterocycles. The number of aliphatic hydroxyl groups excluding tert-OH is 1. The minimum Gasteiger partial charge on any atom is -0.391 e. The van der Waals surface area contributed by atoms with Crippen molar-refractivity contribution in [1.29, 1.82) is 0 Å². The summed E-state index contributed by atoms with van der Waals surface area (Å²) in [6, 6.07) is 3.58. The number of rotatable bonds is 5. The first-order chi connectivity index (χ1) is 9.56. The van der Waals surface area contributed by atoms with Crippen LogP contribution in [-0.2, 0) is 4.79 Å². The SMILES string of the molecule is Cc1ccc(C(=O)CCC(=O)NC2CCCCC2O)s1. The number of amides is 1. The molecule has 1 aliphatic carbocycles. The number of thiophene rings is 1. The third-order valence-corrected chi connectivity index (χ3v) is 4.71. The highest BCUT2D eigenvalue weighted by molar-refractivity contribution is 7.14. The quantitative estimate of drug-likeness (QED) is 0.820. The summed E-state index contributed by atoms with van der Waals surface area (Å²) in [7, 11) is 0. The summed E-state index contributed by atoms with van der Waals surface area (Å²) in [6.45, 7) is 1.96. The molecule has 0 aliphatic heterocycles. The van der Waals surface area contributed by atoms with Gasteiger partial charge in [-0.2, -0.15) is 0 Å². The van der Waals surface area contributed by atoms with Crippen LogP contribution < -0.4 is 5.32 Å². The summed E-state index contributed by atoms with van der Waals surface area (Å²) < 4.78 is 0. The van der Waals surface area contributed by atoms with E-state index in [2.05, 4.69) is 5.32 Å². The molecule has 0 spiro atoms. The lowest BCUT2D eigenvalue weighted by Crippen LogP contribution is -2.45. The Morgan fingerprint density at radius 3 is 2.70 bits per heavy atom. The molecular formula is C15H21NO3S. The van der Waals surface area contributed by atoms with Crippen LogP contribution in [0.1, 0.15) is 53.1 Å². The zero-order chi connectivity index (χ0) is 14.5. The van der Waals surface area contributed by atoms with Gasteiger partial charge in [-0.25, -0.2) is 0 Å². The zero-order valence-electron chi connectivity index (χ0n) is 11.7. The van der Waals surface area contributed by atoms with Crippen molar-refractivity contribution in [1.82, 2.24) is 5.32 Å². The van der Waals surface area contributed by atoms with Gasteiger partial charge in [0.25, 0.3) is 0 Å². The van der Waals surface area contributed by atoms with Crippen LogP contribution in [0.5, 0.6) is 0 Å². The number of hydrogen-bond acceptors (Lipinski definition) is 4. The van der Waals surface area contributed by atoms with Crippen LogP contribution in [0.3, 0.4) is 0 Å². The van der Waals surface area contributed by atoms with E-state index in [0.29, 0.717) is 4.88 Å². The number of carbonyl (C=O) groups excluding carboxylic acids is 2. The van der Waals surface area contributed by atoms with Crippen molar-refractivity contribution in [2.75, 3.05) is 0 Å². The van der Waals surface area contributed by atoms with Gasteiger partial charge in [-0.05, 0) is 31.9 Å². The van der Waals surface area contributed by atoms with Crippen LogP contribution in [0.25, 0.3) is 0 Å². The summed E-state index contributed by atoms with van der Waals surface area (Å²) in [5.41, 5.74) is 0. The molecule has 0 radical (unpaired) electrons. The van der Waals surface area contributed by atoms with Crippen LogP contribution in [0.15, 0.2) is 12.1 Å². The lowest BCUT2D eigenvalue weighted by Gasteiger charge is -2.28. The van der Waals surface area contributed by atoms with Crippen molar-refractivity contribution in [3.8, 4) is 0 Å². The van der Waals surface area contributed by atoms with Crippen molar-refractivity contribution >= 4 is 23.0 Å².